The molecule has 0 bridgehead atoms. The van der Waals surface area contributed by atoms with E-state index in [9.17, 15) is 4.79 Å². The van der Waals surface area contributed by atoms with Gasteiger partial charge in [0.2, 0.25) is 0 Å². The summed E-state index contributed by atoms with van der Waals surface area (Å²) in [6.07, 6.45) is 1.83. The van der Waals surface area contributed by atoms with Gasteiger partial charge in [-0.3, -0.25) is 10.1 Å². The van der Waals surface area contributed by atoms with Crippen LogP contribution in [0.15, 0.2) is 46.9 Å². The van der Waals surface area contributed by atoms with Crippen LogP contribution >= 0.6 is 27.3 Å². The van der Waals surface area contributed by atoms with Crippen molar-refractivity contribution in [1.82, 2.24) is 4.98 Å². The zero-order valence-corrected chi connectivity index (χ0v) is 18.3. The number of methoxy groups -OCH3 is 2. The monoisotopic (exact) mass is 460 g/mol. The summed E-state index contributed by atoms with van der Waals surface area (Å²) in [5, 5.41) is 3.48. The highest BCUT2D eigenvalue weighted by molar-refractivity contribution is 9.10. The largest absolute Gasteiger partial charge is 0.497 e. The molecule has 0 aliphatic rings. The average Bonchev–Trinajstić information content (AvgIpc) is 3.10. The van der Waals surface area contributed by atoms with Gasteiger partial charge in [-0.1, -0.05) is 25.5 Å². The molecule has 0 saturated heterocycles. The van der Waals surface area contributed by atoms with Crippen LogP contribution in [0, 0.1) is 0 Å². The standard InChI is InChI=1S/C21H21BrN2O3S/c1-4-7-18-19(15-12-13(26-2)10-11-17(15)27-3)23-21(28-18)24-20(25)14-8-5-6-9-16(14)22/h5-6,8-12H,4,7H2,1-3H3,(H,23,24,25). The summed E-state index contributed by atoms with van der Waals surface area (Å²) in [4.78, 5) is 18.5. The molecule has 0 aliphatic carbocycles. The highest BCUT2D eigenvalue weighted by Gasteiger charge is 2.19. The molecule has 2 aromatic carbocycles. The Kier molecular flexibility index (Phi) is 6.70. The van der Waals surface area contributed by atoms with Crippen molar-refractivity contribution in [3.8, 4) is 22.8 Å². The first-order chi connectivity index (χ1) is 13.6. The van der Waals surface area contributed by atoms with E-state index < -0.39 is 0 Å². The lowest BCUT2D eigenvalue weighted by atomic mass is 10.1. The number of amides is 1. The molecule has 1 aromatic heterocycles. The van der Waals surface area contributed by atoms with Crippen LogP contribution in [0.3, 0.4) is 0 Å². The Hall–Kier alpha value is -2.38. The Morgan fingerprint density at radius 3 is 2.64 bits per heavy atom. The third-order valence-electron chi connectivity index (χ3n) is 4.18. The van der Waals surface area contributed by atoms with Crippen LogP contribution in [0.1, 0.15) is 28.6 Å². The molecule has 1 N–H and O–H groups in total. The number of ether oxygens (including phenoxy) is 2. The fourth-order valence-electron chi connectivity index (χ4n) is 2.82. The fourth-order valence-corrected chi connectivity index (χ4v) is 4.36. The van der Waals surface area contributed by atoms with Crippen molar-refractivity contribution >= 4 is 38.3 Å². The maximum Gasteiger partial charge on any atom is 0.258 e. The Labute approximate surface area is 176 Å². The molecular formula is C21H21BrN2O3S. The van der Waals surface area contributed by atoms with Crippen LogP contribution < -0.4 is 14.8 Å². The Morgan fingerprint density at radius 2 is 1.96 bits per heavy atom. The molecule has 0 saturated carbocycles. The highest BCUT2D eigenvalue weighted by atomic mass is 79.9. The van der Waals surface area contributed by atoms with Crippen LogP contribution in [0.5, 0.6) is 11.5 Å². The Balaban J connectivity index is 1.99. The van der Waals surface area contributed by atoms with E-state index in [-0.39, 0.29) is 5.91 Å². The molecule has 1 amide bonds. The first kappa shape index (κ1) is 20.4. The fraction of sp³-hybridized carbons (Fsp3) is 0.238. The van der Waals surface area contributed by atoms with Gasteiger partial charge < -0.3 is 9.47 Å². The number of anilines is 1. The molecule has 3 rings (SSSR count). The first-order valence-corrected chi connectivity index (χ1v) is 10.5. The summed E-state index contributed by atoms with van der Waals surface area (Å²) in [6.45, 7) is 2.12. The van der Waals surface area contributed by atoms with Gasteiger partial charge in [0.25, 0.3) is 5.91 Å². The third-order valence-corrected chi connectivity index (χ3v) is 5.90. The number of benzene rings is 2. The van der Waals surface area contributed by atoms with E-state index in [0.717, 1.165) is 39.2 Å². The quantitative estimate of drug-likeness (QED) is 0.484. The van der Waals surface area contributed by atoms with Gasteiger partial charge in [-0.25, -0.2) is 4.98 Å². The topological polar surface area (TPSA) is 60.5 Å². The second-order valence-corrected chi connectivity index (χ2v) is 7.98. The minimum absolute atomic E-state index is 0.201. The molecule has 146 valence electrons. The molecule has 0 fully saturated rings. The maximum atomic E-state index is 12.7. The molecule has 0 spiro atoms. The van der Waals surface area contributed by atoms with E-state index in [1.165, 1.54) is 11.3 Å². The zero-order chi connectivity index (χ0) is 20.1. The molecule has 0 aliphatic heterocycles. The molecule has 1 heterocycles. The molecule has 0 unspecified atom stereocenters. The predicted molar refractivity (Wildman–Crippen MR) is 117 cm³/mol. The van der Waals surface area contributed by atoms with Crippen molar-refractivity contribution in [1.29, 1.82) is 0 Å². The van der Waals surface area contributed by atoms with E-state index in [1.807, 2.05) is 36.4 Å². The second kappa shape index (κ2) is 9.21. The molecule has 7 heteroatoms. The smallest absolute Gasteiger partial charge is 0.258 e. The lowest BCUT2D eigenvalue weighted by Crippen LogP contribution is -2.12. The van der Waals surface area contributed by atoms with E-state index in [4.69, 9.17) is 14.5 Å². The highest BCUT2D eigenvalue weighted by Crippen LogP contribution is 2.39. The number of nitrogens with one attached hydrogen (secondary N) is 1. The zero-order valence-electron chi connectivity index (χ0n) is 15.9. The second-order valence-electron chi connectivity index (χ2n) is 6.04. The molecule has 0 radical (unpaired) electrons. The van der Waals surface area contributed by atoms with Crippen molar-refractivity contribution in [3.63, 3.8) is 0 Å². The Morgan fingerprint density at radius 1 is 1.18 bits per heavy atom. The van der Waals surface area contributed by atoms with Gasteiger partial charge in [0.1, 0.15) is 11.5 Å². The number of hydrogen-bond acceptors (Lipinski definition) is 5. The van der Waals surface area contributed by atoms with E-state index in [2.05, 4.69) is 28.2 Å². The van der Waals surface area contributed by atoms with Crippen molar-refractivity contribution in [2.24, 2.45) is 0 Å². The molecule has 5 nitrogen and oxygen atoms in total. The summed E-state index contributed by atoms with van der Waals surface area (Å²) in [7, 11) is 3.26. The molecule has 3 aromatic rings. The lowest BCUT2D eigenvalue weighted by Gasteiger charge is -2.10. The number of nitrogens with zero attached hydrogens (tertiary/aromatic N) is 1. The van der Waals surface area contributed by atoms with Gasteiger partial charge >= 0.3 is 0 Å². The number of thiazole rings is 1. The number of hydrogen-bond donors (Lipinski definition) is 1. The summed E-state index contributed by atoms with van der Waals surface area (Å²) in [5.74, 6) is 1.24. The average molecular weight is 461 g/mol. The van der Waals surface area contributed by atoms with Gasteiger partial charge in [0.15, 0.2) is 5.13 Å². The molecular weight excluding hydrogens is 440 g/mol. The van der Waals surface area contributed by atoms with Crippen LogP contribution in [-0.4, -0.2) is 25.1 Å². The minimum atomic E-state index is -0.201. The molecule has 28 heavy (non-hydrogen) atoms. The normalized spacial score (nSPS) is 10.6. The van der Waals surface area contributed by atoms with E-state index in [0.29, 0.717) is 16.4 Å². The van der Waals surface area contributed by atoms with Crippen LogP contribution in [0.4, 0.5) is 5.13 Å². The number of aromatic nitrogens is 1. The van der Waals surface area contributed by atoms with Crippen molar-refractivity contribution in [2.75, 3.05) is 19.5 Å². The number of rotatable bonds is 7. The van der Waals surface area contributed by atoms with Gasteiger partial charge in [0, 0.05) is 14.9 Å². The summed E-state index contributed by atoms with van der Waals surface area (Å²) in [5.41, 5.74) is 2.23. The SMILES string of the molecule is CCCc1sc(NC(=O)c2ccccc2Br)nc1-c1cc(OC)ccc1OC. The summed E-state index contributed by atoms with van der Waals surface area (Å²) in [6, 6.07) is 12.9. The van der Waals surface area contributed by atoms with E-state index in [1.54, 1.807) is 20.3 Å². The number of aryl methyl sites for hydroxylation is 1. The first-order valence-electron chi connectivity index (χ1n) is 8.85. The number of carbonyl (C=O) groups excluding carboxylic acids is 1. The number of halogens is 1. The van der Waals surface area contributed by atoms with Gasteiger partial charge in [-0.05, 0) is 52.7 Å². The van der Waals surface area contributed by atoms with Crippen LogP contribution in [-0.2, 0) is 6.42 Å². The summed E-state index contributed by atoms with van der Waals surface area (Å²) >= 11 is 4.90. The van der Waals surface area contributed by atoms with Crippen molar-refractivity contribution < 1.29 is 14.3 Å². The van der Waals surface area contributed by atoms with Crippen molar-refractivity contribution in [2.45, 2.75) is 19.8 Å². The third kappa shape index (κ3) is 4.36. The number of carbonyl (C=O) groups is 1. The van der Waals surface area contributed by atoms with Gasteiger partial charge in [-0.2, -0.15) is 0 Å². The molecule has 0 atom stereocenters. The van der Waals surface area contributed by atoms with E-state index >= 15 is 0 Å². The van der Waals surface area contributed by atoms with Crippen LogP contribution in [0.25, 0.3) is 11.3 Å². The van der Waals surface area contributed by atoms with Crippen LogP contribution in [0.2, 0.25) is 0 Å². The van der Waals surface area contributed by atoms with Gasteiger partial charge in [-0.15, -0.1) is 11.3 Å². The van der Waals surface area contributed by atoms with Crippen molar-refractivity contribution in [3.05, 3.63) is 57.4 Å². The lowest BCUT2D eigenvalue weighted by molar-refractivity contribution is 0.102. The maximum absolute atomic E-state index is 12.7. The predicted octanol–water partition coefficient (Wildman–Crippen LogP) is 5.79. The van der Waals surface area contributed by atoms with Gasteiger partial charge in [0.05, 0.1) is 25.5 Å². The Bertz CT molecular complexity index is 988. The minimum Gasteiger partial charge on any atom is -0.497 e. The summed E-state index contributed by atoms with van der Waals surface area (Å²) < 4.78 is 11.6.